The fourth-order valence-corrected chi connectivity index (χ4v) is 9.33. The molecule has 14 atom stereocenters. The molecule has 1 aliphatic heterocycles. The molecule has 5 fully saturated rings. The van der Waals surface area contributed by atoms with Crippen molar-refractivity contribution in [1.29, 1.82) is 0 Å². The lowest BCUT2D eigenvalue weighted by atomic mass is 9.40. The molecule has 4 saturated carbocycles. The quantitative estimate of drug-likeness (QED) is 0.227. The molecule has 1 saturated heterocycles. The third-order valence-corrected chi connectivity index (χ3v) is 11.3. The van der Waals surface area contributed by atoms with Crippen LogP contribution in [0, 0.1) is 34.0 Å². The highest BCUT2D eigenvalue weighted by Gasteiger charge is 2.72. The van der Waals surface area contributed by atoms with E-state index in [2.05, 4.69) is 6.92 Å². The maximum atomic E-state index is 12.2. The molecule has 0 amide bonds. The number of carbonyl (C=O) groups excluding carboxylic acids is 1. The molecule has 0 radical (unpaired) electrons. The number of hydrogen-bond acceptors (Lipinski definition) is 10. The molecule has 0 aromatic carbocycles. The van der Waals surface area contributed by atoms with Gasteiger partial charge in [0.25, 0.3) is 0 Å². The van der Waals surface area contributed by atoms with E-state index in [0.717, 1.165) is 19.1 Å². The van der Waals surface area contributed by atoms with Crippen molar-refractivity contribution in [1.82, 2.24) is 0 Å². The Kier molecular flexibility index (Phi) is 6.67. The highest BCUT2D eigenvalue weighted by molar-refractivity contribution is 5.61. The van der Waals surface area contributed by atoms with E-state index in [1.54, 1.807) is 0 Å². The molecule has 5 aliphatic rings. The van der Waals surface area contributed by atoms with Crippen LogP contribution in [-0.2, 0) is 14.3 Å². The van der Waals surface area contributed by atoms with Crippen LogP contribution in [0.2, 0.25) is 0 Å². The van der Waals surface area contributed by atoms with E-state index in [0.29, 0.717) is 32.1 Å². The Morgan fingerprint density at radius 2 is 1.67 bits per heavy atom. The summed E-state index contributed by atoms with van der Waals surface area (Å²) in [5.41, 5.74) is -3.24. The average Bonchev–Trinajstić information content (AvgIpc) is 3.02. The Morgan fingerprint density at radius 1 is 0.944 bits per heavy atom. The summed E-state index contributed by atoms with van der Waals surface area (Å²) in [7, 11) is 0. The van der Waals surface area contributed by atoms with Gasteiger partial charge in [-0.25, -0.2) is 0 Å². The molecule has 7 N–H and O–H groups in total. The third-order valence-electron chi connectivity index (χ3n) is 11.3. The van der Waals surface area contributed by atoms with Crippen LogP contribution in [-0.4, -0.2) is 104 Å². The second-order valence-corrected chi connectivity index (χ2v) is 12.8. The molecule has 0 aromatic heterocycles. The number of fused-ring (bicyclic) bond motifs is 3. The topological polar surface area (TPSA) is 177 Å². The number of ether oxygens (including phenoxy) is 2. The standard InChI is InChI=1S/C26H42O10/c1-23-7-6-17(29)24(2,11-28)15(23)5-8-25-9-13(3-4-16(23)25)26(34,22(25)33)12-35-21-20(32)19(31)18(30)14(10-27)36-21/h11,13-22,27,29-34H,3-10,12H2,1-2H3. The zero-order valence-corrected chi connectivity index (χ0v) is 21.1. The second-order valence-electron chi connectivity index (χ2n) is 12.8. The Morgan fingerprint density at radius 3 is 2.33 bits per heavy atom. The lowest BCUT2D eigenvalue weighted by molar-refractivity contribution is -0.313. The summed E-state index contributed by atoms with van der Waals surface area (Å²) in [5.74, 6) is -0.173. The SMILES string of the molecule is CC1(C=O)C(O)CCC2(C)C1CCC13CC(CCC21)C(O)(COC1OC(CO)C(O)C(O)C1O)C3O. The molecule has 10 heteroatoms. The fourth-order valence-electron chi connectivity index (χ4n) is 9.33. The van der Waals surface area contributed by atoms with Gasteiger partial charge in [0.1, 0.15) is 36.3 Å². The second kappa shape index (κ2) is 8.93. The van der Waals surface area contributed by atoms with Crippen molar-refractivity contribution in [3.05, 3.63) is 0 Å². The van der Waals surface area contributed by atoms with E-state index >= 15 is 0 Å². The number of aliphatic hydroxyl groups excluding tert-OH is 6. The van der Waals surface area contributed by atoms with Gasteiger partial charge >= 0.3 is 0 Å². The van der Waals surface area contributed by atoms with Crippen LogP contribution in [0.15, 0.2) is 0 Å². The first-order valence-electron chi connectivity index (χ1n) is 13.4. The highest BCUT2D eigenvalue weighted by atomic mass is 16.7. The smallest absolute Gasteiger partial charge is 0.186 e. The zero-order valence-electron chi connectivity index (χ0n) is 21.1. The predicted molar refractivity (Wildman–Crippen MR) is 124 cm³/mol. The maximum absolute atomic E-state index is 12.2. The minimum Gasteiger partial charge on any atom is -0.394 e. The zero-order chi connectivity index (χ0) is 26.3. The Labute approximate surface area is 211 Å². The van der Waals surface area contributed by atoms with Crippen molar-refractivity contribution < 1.29 is 50.0 Å². The molecule has 0 aromatic rings. The number of aliphatic hydroxyl groups is 7. The van der Waals surface area contributed by atoms with Crippen LogP contribution in [0.5, 0.6) is 0 Å². The van der Waals surface area contributed by atoms with Gasteiger partial charge in [0.2, 0.25) is 0 Å². The number of rotatable bonds is 5. The van der Waals surface area contributed by atoms with Crippen molar-refractivity contribution in [2.75, 3.05) is 13.2 Å². The molecule has 14 unspecified atom stereocenters. The molecule has 206 valence electrons. The third kappa shape index (κ3) is 3.46. The lowest BCUT2D eigenvalue weighted by Crippen LogP contribution is -2.63. The van der Waals surface area contributed by atoms with Crippen LogP contribution in [0.3, 0.4) is 0 Å². The van der Waals surface area contributed by atoms with Crippen LogP contribution in [0.4, 0.5) is 0 Å². The molecule has 36 heavy (non-hydrogen) atoms. The minimum atomic E-state index is -1.60. The number of aldehydes is 1. The monoisotopic (exact) mass is 514 g/mol. The van der Waals surface area contributed by atoms with Gasteiger partial charge in [-0.15, -0.1) is 0 Å². The van der Waals surface area contributed by atoms with E-state index in [1.165, 1.54) is 0 Å². The number of carbonyl (C=O) groups is 1. The summed E-state index contributed by atoms with van der Waals surface area (Å²) < 4.78 is 11.2. The summed E-state index contributed by atoms with van der Waals surface area (Å²) in [5, 5.41) is 74.2. The van der Waals surface area contributed by atoms with Gasteiger partial charge in [-0.05, 0) is 68.1 Å². The van der Waals surface area contributed by atoms with E-state index in [1.807, 2.05) is 6.92 Å². The Hall–Kier alpha value is -0.690. The van der Waals surface area contributed by atoms with E-state index < -0.39 is 66.0 Å². The van der Waals surface area contributed by atoms with Crippen molar-refractivity contribution in [2.45, 2.75) is 107 Å². The molecule has 10 nitrogen and oxygen atoms in total. The summed E-state index contributed by atoms with van der Waals surface area (Å²) in [6.07, 6.45) is -3.38. The molecule has 1 heterocycles. The van der Waals surface area contributed by atoms with Gasteiger partial charge in [-0.1, -0.05) is 13.8 Å². The number of hydrogen-bond donors (Lipinski definition) is 7. The van der Waals surface area contributed by atoms with Crippen LogP contribution >= 0.6 is 0 Å². The largest absolute Gasteiger partial charge is 0.394 e. The first-order valence-corrected chi connectivity index (χ1v) is 13.4. The first-order chi connectivity index (χ1) is 16.9. The van der Waals surface area contributed by atoms with Crippen molar-refractivity contribution in [2.24, 2.45) is 34.0 Å². The van der Waals surface area contributed by atoms with Crippen molar-refractivity contribution in [3.8, 4) is 0 Å². The van der Waals surface area contributed by atoms with Crippen LogP contribution in [0.1, 0.15) is 58.8 Å². The van der Waals surface area contributed by atoms with Gasteiger partial charge in [0, 0.05) is 5.41 Å². The summed E-state index contributed by atoms with van der Waals surface area (Å²) in [4.78, 5) is 12.2. The molecular formula is C26H42O10. The first kappa shape index (κ1) is 26.9. The maximum Gasteiger partial charge on any atom is 0.186 e. The van der Waals surface area contributed by atoms with Crippen LogP contribution < -0.4 is 0 Å². The van der Waals surface area contributed by atoms with Crippen molar-refractivity contribution in [3.63, 3.8) is 0 Å². The lowest BCUT2D eigenvalue weighted by Gasteiger charge is -2.64. The molecular weight excluding hydrogens is 472 g/mol. The summed E-state index contributed by atoms with van der Waals surface area (Å²) >= 11 is 0. The summed E-state index contributed by atoms with van der Waals surface area (Å²) in [6, 6.07) is 0. The highest BCUT2D eigenvalue weighted by Crippen LogP contribution is 2.72. The normalized spacial score (nSPS) is 58.7. The van der Waals surface area contributed by atoms with E-state index in [-0.39, 0.29) is 29.8 Å². The Bertz CT molecular complexity index is 855. The molecule has 5 rings (SSSR count). The molecule has 1 spiro atoms. The summed E-state index contributed by atoms with van der Waals surface area (Å²) in [6.45, 7) is 3.12. The molecule has 2 bridgehead atoms. The average molecular weight is 515 g/mol. The van der Waals surface area contributed by atoms with Gasteiger partial charge in [0.15, 0.2) is 6.29 Å². The predicted octanol–water partition coefficient (Wildman–Crippen LogP) is -0.913. The Balaban J connectivity index is 1.38. The van der Waals surface area contributed by atoms with E-state index in [4.69, 9.17) is 9.47 Å². The van der Waals surface area contributed by atoms with E-state index in [9.17, 15) is 40.5 Å². The van der Waals surface area contributed by atoms with Crippen molar-refractivity contribution >= 4 is 6.29 Å². The minimum absolute atomic E-state index is 0.00955. The molecule has 4 aliphatic carbocycles. The van der Waals surface area contributed by atoms with Gasteiger partial charge in [0.05, 0.1) is 30.8 Å². The fraction of sp³-hybridized carbons (Fsp3) is 0.962. The van der Waals surface area contributed by atoms with Gasteiger partial charge in [-0.3, -0.25) is 0 Å². The van der Waals surface area contributed by atoms with Crippen LogP contribution in [0.25, 0.3) is 0 Å². The van der Waals surface area contributed by atoms with Gasteiger partial charge in [-0.2, -0.15) is 0 Å². The van der Waals surface area contributed by atoms with Gasteiger partial charge < -0.3 is 50.0 Å².